The Bertz CT molecular complexity index is 872. The molecule has 0 aliphatic carbocycles. The van der Waals surface area contributed by atoms with Crippen LogP contribution in [0.1, 0.15) is 42.5 Å². The third kappa shape index (κ3) is 4.26. The molecule has 1 saturated heterocycles. The number of rotatable bonds is 5. The van der Waals surface area contributed by atoms with Crippen LogP contribution in [0.3, 0.4) is 0 Å². The first kappa shape index (κ1) is 21.0. The van der Waals surface area contributed by atoms with Gasteiger partial charge in [-0.05, 0) is 41.7 Å². The van der Waals surface area contributed by atoms with Crippen LogP contribution in [0.5, 0.6) is 0 Å². The summed E-state index contributed by atoms with van der Waals surface area (Å²) in [6, 6.07) is 14.0. The Morgan fingerprint density at radius 1 is 1.23 bits per heavy atom. The van der Waals surface area contributed by atoms with E-state index in [0.717, 1.165) is 24.0 Å². The number of hydrogen-bond donors (Lipinski definition) is 1. The number of carbonyl (C=O) groups excluding carboxylic acids is 1. The molecular formula is C24H28FNO4. The summed E-state index contributed by atoms with van der Waals surface area (Å²) >= 11 is 0. The fourth-order valence-electron chi connectivity index (χ4n) is 4.36. The third-order valence-corrected chi connectivity index (χ3v) is 5.91. The van der Waals surface area contributed by atoms with E-state index >= 15 is 0 Å². The third-order valence-electron chi connectivity index (χ3n) is 5.91. The molecule has 4 rings (SSSR count). The zero-order valence-corrected chi connectivity index (χ0v) is 17.2. The molecule has 0 bridgehead atoms. The molecular weight excluding hydrogens is 385 g/mol. The van der Waals surface area contributed by atoms with E-state index in [4.69, 9.17) is 9.47 Å². The van der Waals surface area contributed by atoms with E-state index in [1.165, 1.54) is 17.7 Å². The molecule has 1 amide bonds. The predicted molar refractivity (Wildman–Crippen MR) is 110 cm³/mol. The molecule has 2 heterocycles. The monoisotopic (exact) mass is 413 g/mol. The summed E-state index contributed by atoms with van der Waals surface area (Å²) in [6.07, 6.45) is -0.0317. The van der Waals surface area contributed by atoms with Crippen molar-refractivity contribution in [2.24, 2.45) is 0 Å². The Hall–Kier alpha value is -2.28. The predicted octanol–water partition coefficient (Wildman–Crippen LogP) is 3.24. The maximum absolute atomic E-state index is 13.5. The molecule has 1 N–H and O–H groups in total. The van der Waals surface area contributed by atoms with Gasteiger partial charge in [-0.1, -0.05) is 43.3 Å². The van der Waals surface area contributed by atoms with Crippen LogP contribution in [-0.2, 0) is 20.7 Å². The van der Waals surface area contributed by atoms with Crippen molar-refractivity contribution in [3.8, 4) is 0 Å². The molecule has 2 aromatic carbocycles. The fraction of sp³-hybridized carbons (Fsp3) is 0.458. The molecule has 0 radical (unpaired) electrons. The number of ether oxygens (including phenoxy) is 2. The highest BCUT2D eigenvalue weighted by Crippen LogP contribution is 2.36. The molecule has 2 aliphatic rings. The van der Waals surface area contributed by atoms with Gasteiger partial charge >= 0.3 is 0 Å². The lowest BCUT2D eigenvalue weighted by Crippen LogP contribution is -2.52. The Balaban J connectivity index is 1.57. The van der Waals surface area contributed by atoms with Gasteiger partial charge in [0.15, 0.2) is 0 Å². The number of amides is 1. The molecule has 0 aromatic heterocycles. The van der Waals surface area contributed by atoms with Crippen molar-refractivity contribution in [2.45, 2.75) is 50.5 Å². The fourth-order valence-corrected chi connectivity index (χ4v) is 4.36. The van der Waals surface area contributed by atoms with Gasteiger partial charge in [0.1, 0.15) is 18.0 Å². The summed E-state index contributed by atoms with van der Waals surface area (Å²) in [6.45, 7) is 3.30. The number of benzene rings is 2. The second-order valence-corrected chi connectivity index (χ2v) is 7.97. The number of carbonyl (C=O) groups is 1. The maximum Gasteiger partial charge on any atom is 0.252 e. The van der Waals surface area contributed by atoms with E-state index in [9.17, 15) is 14.3 Å². The summed E-state index contributed by atoms with van der Waals surface area (Å²) in [4.78, 5) is 15.3. The summed E-state index contributed by atoms with van der Waals surface area (Å²) in [7, 11) is 0. The number of aliphatic hydroxyl groups is 1. The molecule has 30 heavy (non-hydrogen) atoms. The molecule has 2 aromatic rings. The molecule has 0 unspecified atom stereocenters. The van der Waals surface area contributed by atoms with Crippen molar-refractivity contribution in [1.29, 1.82) is 0 Å². The smallest absolute Gasteiger partial charge is 0.252 e. The summed E-state index contributed by atoms with van der Waals surface area (Å²) < 4.78 is 25.0. The van der Waals surface area contributed by atoms with Crippen LogP contribution in [0.2, 0.25) is 0 Å². The average Bonchev–Trinajstić information content (AvgIpc) is 2.77. The minimum absolute atomic E-state index is 0.146. The first-order valence-electron chi connectivity index (χ1n) is 10.6. The van der Waals surface area contributed by atoms with Gasteiger partial charge in [-0.3, -0.25) is 4.79 Å². The van der Waals surface area contributed by atoms with E-state index in [-0.39, 0.29) is 30.8 Å². The molecule has 160 valence electrons. The minimum Gasteiger partial charge on any atom is -0.390 e. The van der Waals surface area contributed by atoms with Crippen LogP contribution in [0.15, 0.2) is 48.5 Å². The number of halogens is 1. The first-order valence-corrected chi connectivity index (χ1v) is 10.6. The Morgan fingerprint density at radius 3 is 2.73 bits per heavy atom. The van der Waals surface area contributed by atoms with Gasteiger partial charge in [-0.15, -0.1) is 0 Å². The van der Waals surface area contributed by atoms with E-state index in [1.807, 2.05) is 25.1 Å². The van der Waals surface area contributed by atoms with E-state index in [1.54, 1.807) is 17.0 Å². The molecule has 2 aliphatic heterocycles. The molecule has 4 atom stereocenters. The highest BCUT2D eigenvalue weighted by Gasteiger charge is 2.40. The van der Waals surface area contributed by atoms with Gasteiger partial charge in [0.05, 0.1) is 18.8 Å². The summed E-state index contributed by atoms with van der Waals surface area (Å²) in [5.74, 6) is -0.454. The van der Waals surface area contributed by atoms with Gasteiger partial charge in [-0.2, -0.15) is 0 Å². The highest BCUT2D eigenvalue weighted by molar-refractivity contribution is 5.82. The van der Waals surface area contributed by atoms with Crippen LogP contribution < -0.4 is 0 Å². The second-order valence-electron chi connectivity index (χ2n) is 7.97. The van der Waals surface area contributed by atoms with Crippen LogP contribution >= 0.6 is 0 Å². The van der Waals surface area contributed by atoms with Crippen LogP contribution in [0, 0.1) is 5.82 Å². The molecule has 5 nitrogen and oxygen atoms in total. The van der Waals surface area contributed by atoms with Crippen molar-refractivity contribution in [3.05, 3.63) is 71.0 Å². The minimum atomic E-state index is -0.736. The van der Waals surface area contributed by atoms with Crippen molar-refractivity contribution < 1.29 is 23.8 Å². The largest absolute Gasteiger partial charge is 0.390 e. The summed E-state index contributed by atoms with van der Waals surface area (Å²) in [5, 5.41) is 10.5. The zero-order chi connectivity index (χ0) is 21.1. The number of fused-ring (bicyclic) bond motifs is 1. The van der Waals surface area contributed by atoms with Crippen molar-refractivity contribution >= 4 is 5.91 Å². The molecule has 0 spiro atoms. The van der Waals surface area contributed by atoms with Gasteiger partial charge in [-0.25, -0.2) is 4.39 Å². The number of nitrogens with zero attached hydrogens (tertiary/aromatic N) is 1. The normalized spacial score (nSPS) is 26.3. The van der Waals surface area contributed by atoms with Gasteiger partial charge in [0, 0.05) is 19.6 Å². The van der Waals surface area contributed by atoms with Crippen LogP contribution in [0.25, 0.3) is 0 Å². The van der Waals surface area contributed by atoms with E-state index in [2.05, 4.69) is 6.07 Å². The Morgan fingerprint density at radius 2 is 2.00 bits per heavy atom. The van der Waals surface area contributed by atoms with Crippen molar-refractivity contribution in [1.82, 2.24) is 4.90 Å². The van der Waals surface area contributed by atoms with Gasteiger partial charge < -0.3 is 19.5 Å². The van der Waals surface area contributed by atoms with Crippen molar-refractivity contribution in [2.75, 3.05) is 19.8 Å². The lowest BCUT2D eigenvalue weighted by molar-refractivity contribution is -0.172. The van der Waals surface area contributed by atoms with Crippen molar-refractivity contribution in [3.63, 3.8) is 0 Å². The van der Waals surface area contributed by atoms with E-state index < -0.39 is 18.3 Å². The Kier molecular flexibility index (Phi) is 6.46. The van der Waals surface area contributed by atoms with E-state index in [0.29, 0.717) is 13.2 Å². The standard InChI is InChI=1S/C24H28FNO4/c1-2-13-29-22-15-30-21(14-20(22)27)24(28)26-12-11-16-5-3-4-6-19(16)23(26)17-7-9-18(25)10-8-17/h3-10,20-23,27H,2,11-15H2,1H3/t20-,21+,22-,23-/m0/s1. The number of aliphatic hydroxyl groups excluding tert-OH is 1. The SMILES string of the molecule is CCCO[C@H]1CO[C@@H](C(=O)N2CCc3ccccc3[C@@H]2c2ccc(F)cc2)C[C@@H]1O. The van der Waals surface area contributed by atoms with Gasteiger partial charge in [0.2, 0.25) is 0 Å². The topological polar surface area (TPSA) is 59.0 Å². The lowest BCUT2D eigenvalue weighted by Gasteiger charge is -2.41. The lowest BCUT2D eigenvalue weighted by atomic mass is 9.87. The zero-order valence-electron chi connectivity index (χ0n) is 17.2. The first-order chi connectivity index (χ1) is 14.6. The maximum atomic E-state index is 13.5. The highest BCUT2D eigenvalue weighted by atomic mass is 19.1. The average molecular weight is 413 g/mol. The molecule has 0 saturated carbocycles. The Labute approximate surface area is 176 Å². The van der Waals surface area contributed by atoms with Crippen LogP contribution in [-0.4, -0.2) is 54.0 Å². The van der Waals surface area contributed by atoms with Crippen LogP contribution in [0.4, 0.5) is 4.39 Å². The molecule has 6 heteroatoms. The second kappa shape index (κ2) is 9.25. The number of hydrogen-bond acceptors (Lipinski definition) is 4. The quantitative estimate of drug-likeness (QED) is 0.818. The summed E-state index contributed by atoms with van der Waals surface area (Å²) in [5.41, 5.74) is 3.09. The van der Waals surface area contributed by atoms with Gasteiger partial charge in [0.25, 0.3) is 5.91 Å². The molecule has 1 fully saturated rings.